The van der Waals surface area contributed by atoms with E-state index < -0.39 is 6.04 Å². The van der Waals surface area contributed by atoms with Crippen LogP contribution in [0.1, 0.15) is 30.0 Å². The molecule has 0 saturated carbocycles. The molecule has 0 aromatic heterocycles. The van der Waals surface area contributed by atoms with Crippen molar-refractivity contribution in [1.29, 1.82) is 0 Å². The summed E-state index contributed by atoms with van der Waals surface area (Å²) in [5.74, 6) is 1.06. The lowest BCUT2D eigenvalue weighted by Gasteiger charge is -2.29. The Hall–Kier alpha value is -3.51. The minimum absolute atomic E-state index is 0.0791. The first-order chi connectivity index (χ1) is 16.5. The third-order valence-corrected chi connectivity index (χ3v) is 6.06. The summed E-state index contributed by atoms with van der Waals surface area (Å²) in [5, 5.41) is 3.57. The Bertz CT molecular complexity index is 1140. The van der Waals surface area contributed by atoms with Gasteiger partial charge in [0.1, 0.15) is 6.04 Å². The molecule has 1 atom stereocenters. The van der Waals surface area contributed by atoms with Crippen molar-refractivity contribution in [1.82, 2.24) is 10.2 Å². The average Bonchev–Trinajstić information content (AvgIpc) is 3.33. The topological polar surface area (TPSA) is 67.9 Å². The van der Waals surface area contributed by atoms with E-state index in [1.165, 1.54) is 0 Å². The normalized spacial score (nSPS) is 12.8. The Labute approximate surface area is 204 Å². The van der Waals surface area contributed by atoms with Crippen molar-refractivity contribution in [2.24, 2.45) is 0 Å². The summed E-state index contributed by atoms with van der Waals surface area (Å²) >= 11 is 6.01. The van der Waals surface area contributed by atoms with E-state index in [1.807, 2.05) is 60.7 Å². The Morgan fingerprint density at radius 1 is 0.941 bits per heavy atom. The molecule has 0 radical (unpaired) electrons. The van der Waals surface area contributed by atoms with E-state index in [0.29, 0.717) is 42.5 Å². The first-order valence-electron chi connectivity index (χ1n) is 11.2. The Kier molecular flexibility index (Phi) is 7.70. The minimum Gasteiger partial charge on any atom is -0.454 e. The second-order valence-corrected chi connectivity index (χ2v) is 8.65. The number of aryl methyl sites for hydroxylation is 1. The van der Waals surface area contributed by atoms with Crippen LogP contribution in [-0.4, -0.2) is 29.5 Å². The van der Waals surface area contributed by atoms with Gasteiger partial charge >= 0.3 is 0 Å². The summed E-state index contributed by atoms with van der Waals surface area (Å²) < 4.78 is 10.7. The number of halogens is 1. The molecule has 1 heterocycles. The predicted octanol–water partition coefficient (Wildman–Crippen LogP) is 4.74. The average molecular weight is 479 g/mol. The number of fused-ring (bicyclic) bond motifs is 1. The van der Waals surface area contributed by atoms with Gasteiger partial charge in [0.25, 0.3) is 0 Å². The van der Waals surface area contributed by atoms with Gasteiger partial charge in [0.15, 0.2) is 11.5 Å². The molecule has 6 nitrogen and oxygen atoms in total. The fourth-order valence-corrected chi connectivity index (χ4v) is 3.92. The van der Waals surface area contributed by atoms with Crippen LogP contribution in [0.25, 0.3) is 0 Å². The summed E-state index contributed by atoms with van der Waals surface area (Å²) in [6.07, 6.45) is 0.930. The Morgan fingerprint density at radius 3 is 2.41 bits per heavy atom. The fraction of sp³-hybridized carbons (Fsp3) is 0.259. The molecular weight excluding hydrogens is 452 g/mol. The SMILES string of the molecule is C[C@H](C(=O)NCc1ccc2c(c1)OCO2)N(Cc1ccc(Cl)cc1)C(=O)CCc1ccccc1. The standard InChI is InChI=1S/C27H27ClN2O4/c1-19(27(32)29-16-22-9-13-24-25(15-22)34-18-33-24)30(17-21-7-11-23(28)12-8-21)26(31)14-10-20-5-3-2-4-6-20/h2-9,11-13,15,19H,10,14,16-18H2,1H3,(H,29,32)/t19-/m1/s1. The van der Waals surface area contributed by atoms with E-state index in [1.54, 1.807) is 24.0 Å². The van der Waals surface area contributed by atoms with Crippen LogP contribution >= 0.6 is 11.6 Å². The predicted molar refractivity (Wildman–Crippen MR) is 131 cm³/mol. The van der Waals surface area contributed by atoms with Crippen molar-refractivity contribution in [2.75, 3.05) is 6.79 Å². The first-order valence-corrected chi connectivity index (χ1v) is 11.6. The summed E-state index contributed by atoms with van der Waals surface area (Å²) in [6.45, 7) is 2.61. The third kappa shape index (κ3) is 6.08. The zero-order chi connectivity index (χ0) is 23.9. The highest BCUT2D eigenvalue weighted by molar-refractivity contribution is 6.30. The molecule has 0 unspecified atom stereocenters. The van der Waals surface area contributed by atoms with E-state index in [2.05, 4.69) is 5.32 Å². The number of nitrogens with one attached hydrogen (secondary N) is 1. The van der Waals surface area contributed by atoms with Gasteiger partial charge in [-0.15, -0.1) is 0 Å². The molecule has 3 aromatic rings. The van der Waals surface area contributed by atoms with Gasteiger partial charge in [-0.05, 0) is 54.3 Å². The molecule has 3 aromatic carbocycles. The van der Waals surface area contributed by atoms with Gasteiger partial charge in [-0.25, -0.2) is 0 Å². The van der Waals surface area contributed by atoms with Crippen molar-refractivity contribution >= 4 is 23.4 Å². The van der Waals surface area contributed by atoms with E-state index >= 15 is 0 Å². The number of rotatable bonds is 9. The van der Waals surface area contributed by atoms with Gasteiger partial charge in [-0.1, -0.05) is 60.1 Å². The smallest absolute Gasteiger partial charge is 0.242 e. The van der Waals surface area contributed by atoms with Crippen molar-refractivity contribution < 1.29 is 19.1 Å². The van der Waals surface area contributed by atoms with Gasteiger partial charge in [0, 0.05) is 24.5 Å². The maximum Gasteiger partial charge on any atom is 0.242 e. The first kappa shape index (κ1) is 23.6. The van der Waals surface area contributed by atoms with Crippen molar-refractivity contribution in [3.63, 3.8) is 0 Å². The molecule has 0 saturated heterocycles. The number of nitrogens with zero attached hydrogens (tertiary/aromatic N) is 1. The molecule has 2 amide bonds. The highest BCUT2D eigenvalue weighted by Gasteiger charge is 2.26. The van der Waals surface area contributed by atoms with Gasteiger partial charge in [0.2, 0.25) is 18.6 Å². The van der Waals surface area contributed by atoms with E-state index in [0.717, 1.165) is 16.7 Å². The molecule has 7 heteroatoms. The molecule has 4 rings (SSSR count). The number of carbonyl (C=O) groups excluding carboxylic acids is 2. The molecule has 0 bridgehead atoms. The second-order valence-electron chi connectivity index (χ2n) is 8.22. The van der Waals surface area contributed by atoms with Gasteiger partial charge in [-0.2, -0.15) is 0 Å². The van der Waals surface area contributed by atoms with Crippen LogP contribution in [-0.2, 0) is 29.1 Å². The van der Waals surface area contributed by atoms with E-state index in [-0.39, 0.29) is 18.6 Å². The molecule has 34 heavy (non-hydrogen) atoms. The monoisotopic (exact) mass is 478 g/mol. The van der Waals surface area contributed by atoms with Crippen LogP contribution in [0.3, 0.4) is 0 Å². The lowest BCUT2D eigenvalue weighted by molar-refractivity contribution is -0.140. The fourth-order valence-electron chi connectivity index (χ4n) is 3.80. The molecular formula is C27H27ClN2O4. The summed E-state index contributed by atoms with van der Waals surface area (Å²) in [7, 11) is 0. The maximum absolute atomic E-state index is 13.2. The molecule has 0 aliphatic carbocycles. The molecule has 176 valence electrons. The number of hydrogen-bond acceptors (Lipinski definition) is 4. The third-order valence-electron chi connectivity index (χ3n) is 5.81. The Morgan fingerprint density at radius 2 is 1.65 bits per heavy atom. The van der Waals surface area contributed by atoms with Gasteiger partial charge in [-0.3, -0.25) is 9.59 Å². The maximum atomic E-state index is 13.2. The van der Waals surface area contributed by atoms with Crippen molar-refractivity contribution in [3.8, 4) is 11.5 Å². The number of hydrogen-bond donors (Lipinski definition) is 1. The van der Waals surface area contributed by atoms with Crippen LogP contribution in [0.4, 0.5) is 0 Å². The van der Waals surface area contributed by atoms with E-state index in [9.17, 15) is 9.59 Å². The van der Waals surface area contributed by atoms with Crippen LogP contribution < -0.4 is 14.8 Å². The highest BCUT2D eigenvalue weighted by Crippen LogP contribution is 2.32. The molecule has 1 aliphatic rings. The number of carbonyl (C=O) groups is 2. The van der Waals surface area contributed by atoms with Crippen molar-refractivity contribution in [2.45, 2.75) is 38.9 Å². The van der Waals surface area contributed by atoms with Gasteiger partial charge in [0.05, 0.1) is 0 Å². The second kappa shape index (κ2) is 11.1. The van der Waals surface area contributed by atoms with Crippen LogP contribution in [0, 0.1) is 0 Å². The molecule has 0 fully saturated rings. The molecule has 1 N–H and O–H groups in total. The number of amides is 2. The Balaban J connectivity index is 1.42. The van der Waals surface area contributed by atoms with Crippen LogP contribution in [0.15, 0.2) is 72.8 Å². The zero-order valence-electron chi connectivity index (χ0n) is 19.0. The minimum atomic E-state index is -0.645. The van der Waals surface area contributed by atoms with Crippen LogP contribution in [0.2, 0.25) is 5.02 Å². The summed E-state index contributed by atoms with van der Waals surface area (Å²) in [4.78, 5) is 27.9. The lowest BCUT2D eigenvalue weighted by atomic mass is 10.1. The lowest BCUT2D eigenvalue weighted by Crippen LogP contribution is -2.47. The number of ether oxygens (including phenoxy) is 2. The largest absolute Gasteiger partial charge is 0.454 e. The zero-order valence-corrected chi connectivity index (χ0v) is 19.8. The summed E-state index contributed by atoms with van der Waals surface area (Å²) in [5.41, 5.74) is 2.89. The van der Waals surface area contributed by atoms with E-state index in [4.69, 9.17) is 21.1 Å². The number of benzene rings is 3. The highest BCUT2D eigenvalue weighted by atomic mass is 35.5. The van der Waals surface area contributed by atoms with Gasteiger partial charge < -0.3 is 19.7 Å². The van der Waals surface area contributed by atoms with Crippen LogP contribution in [0.5, 0.6) is 11.5 Å². The van der Waals surface area contributed by atoms with Crippen molar-refractivity contribution in [3.05, 3.63) is 94.5 Å². The molecule has 0 spiro atoms. The summed E-state index contributed by atoms with van der Waals surface area (Å²) in [6, 6.07) is 22.1. The quantitative estimate of drug-likeness (QED) is 0.482. The molecule has 1 aliphatic heterocycles.